The molecule has 0 spiro atoms. The number of hydrogen-bond acceptors (Lipinski definition) is 4. The second kappa shape index (κ2) is 5.88. The van der Waals surface area contributed by atoms with E-state index < -0.39 is 15.9 Å². The van der Waals surface area contributed by atoms with Gasteiger partial charge in [-0.2, -0.15) is 0 Å². The molecule has 1 aromatic carbocycles. The van der Waals surface area contributed by atoms with Gasteiger partial charge in [-0.3, -0.25) is 9.78 Å². The summed E-state index contributed by atoms with van der Waals surface area (Å²) in [7, 11) is -3.88. The minimum absolute atomic E-state index is 0.0997. The summed E-state index contributed by atoms with van der Waals surface area (Å²) in [5, 5.41) is 1.27. The molecule has 0 radical (unpaired) electrons. The highest BCUT2D eigenvalue weighted by Gasteiger charge is 2.22. The number of hydrogen-bond donors (Lipinski definition) is 1. The first-order chi connectivity index (χ1) is 10.6. The highest BCUT2D eigenvalue weighted by atomic mass is 32.2. The quantitative estimate of drug-likeness (QED) is 0.879. The van der Waals surface area contributed by atoms with Crippen LogP contribution in [0.15, 0.2) is 53.7 Å². The van der Waals surface area contributed by atoms with Crippen LogP contribution >= 0.6 is 0 Å². The summed E-state index contributed by atoms with van der Waals surface area (Å²) in [6.07, 6.45) is 9.16. The molecule has 3 rings (SSSR count). The molecule has 1 atom stereocenters. The molecule has 0 fully saturated rings. The van der Waals surface area contributed by atoms with Gasteiger partial charge in [0.05, 0.1) is 4.90 Å². The Morgan fingerprint density at radius 3 is 2.95 bits per heavy atom. The zero-order chi connectivity index (χ0) is 15.6. The molecule has 0 saturated heterocycles. The zero-order valence-corrected chi connectivity index (χ0v) is 12.7. The largest absolute Gasteiger partial charge is 0.274 e. The van der Waals surface area contributed by atoms with Crippen molar-refractivity contribution in [3.8, 4) is 0 Å². The Bertz CT molecular complexity index is 838. The number of aromatic nitrogens is 1. The molecule has 0 saturated carbocycles. The van der Waals surface area contributed by atoms with Crippen LogP contribution < -0.4 is 4.72 Å². The van der Waals surface area contributed by atoms with E-state index in [0.29, 0.717) is 5.39 Å². The molecule has 0 aliphatic heterocycles. The summed E-state index contributed by atoms with van der Waals surface area (Å²) in [5.74, 6) is -0.338. The monoisotopic (exact) mass is 316 g/mol. The van der Waals surface area contributed by atoms with Crippen LogP contribution in [0.1, 0.15) is 19.3 Å². The second-order valence-electron chi connectivity index (χ2n) is 5.35. The summed E-state index contributed by atoms with van der Waals surface area (Å²) in [4.78, 5) is 16.1. The van der Waals surface area contributed by atoms with Crippen molar-refractivity contribution in [2.75, 3.05) is 0 Å². The highest BCUT2D eigenvalue weighted by molar-refractivity contribution is 7.90. The van der Waals surface area contributed by atoms with Gasteiger partial charge < -0.3 is 0 Å². The molecular weight excluding hydrogens is 300 g/mol. The third-order valence-electron chi connectivity index (χ3n) is 3.74. The number of rotatable bonds is 4. The summed E-state index contributed by atoms with van der Waals surface area (Å²) in [6.45, 7) is 0. The van der Waals surface area contributed by atoms with Gasteiger partial charge in [0, 0.05) is 29.6 Å². The lowest BCUT2D eigenvalue weighted by Crippen LogP contribution is -2.31. The van der Waals surface area contributed by atoms with Crippen molar-refractivity contribution in [3.63, 3.8) is 0 Å². The first kappa shape index (κ1) is 14.7. The highest BCUT2D eigenvalue weighted by Crippen LogP contribution is 2.23. The Kier molecular flexibility index (Phi) is 3.94. The molecule has 1 aliphatic carbocycles. The van der Waals surface area contributed by atoms with E-state index in [1.165, 1.54) is 12.3 Å². The van der Waals surface area contributed by atoms with Gasteiger partial charge in [0.25, 0.3) is 10.0 Å². The number of pyridine rings is 1. The maximum Gasteiger partial charge on any atom is 0.264 e. The summed E-state index contributed by atoms with van der Waals surface area (Å²) < 4.78 is 27.1. The molecular formula is C16H16N2O3S. The number of benzene rings is 1. The fraction of sp³-hybridized carbons (Fsp3) is 0.250. The third-order valence-corrected chi connectivity index (χ3v) is 5.17. The van der Waals surface area contributed by atoms with Crippen LogP contribution in [0, 0.1) is 5.92 Å². The predicted molar refractivity (Wildman–Crippen MR) is 83.6 cm³/mol. The predicted octanol–water partition coefficient (Wildman–Crippen LogP) is 2.40. The van der Waals surface area contributed by atoms with Gasteiger partial charge in [-0.15, -0.1) is 0 Å². The van der Waals surface area contributed by atoms with Gasteiger partial charge in [0.15, 0.2) is 0 Å². The standard InChI is InChI=1S/C16H16N2O3S/c19-16(10-12-4-1-2-5-12)18-22(20,21)15-7-3-6-13-11-17-9-8-14(13)15/h1,3-4,6-9,11-12H,2,5,10H2,(H,18,19)/t12-/m0/s1. The van der Waals surface area contributed by atoms with E-state index >= 15 is 0 Å². The number of amides is 1. The van der Waals surface area contributed by atoms with Crippen molar-refractivity contribution in [1.29, 1.82) is 0 Å². The molecule has 1 amide bonds. The molecule has 0 unspecified atom stereocenters. The average molecular weight is 316 g/mol. The number of fused-ring (bicyclic) bond motifs is 1. The Balaban J connectivity index is 1.85. The Hall–Kier alpha value is -2.21. The van der Waals surface area contributed by atoms with Crippen LogP contribution in [0.5, 0.6) is 0 Å². The molecule has 114 valence electrons. The van der Waals surface area contributed by atoms with Crippen LogP contribution in [0.25, 0.3) is 10.8 Å². The van der Waals surface area contributed by atoms with Crippen molar-refractivity contribution in [2.45, 2.75) is 24.2 Å². The van der Waals surface area contributed by atoms with Crippen LogP contribution in [-0.2, 0) is 14.8 Å². The van der Waals surface area contributed by atoms with Gasteiger partial charge >= 0.3 is 0 Å². The zero-order valence-electron chi connectivity index (χ0n) is 11.9. The van der Waals surface area contributed by atoms with Gasteiger partial charge in [-0.1, -0.05) is 24.3 Å². The number of allylic oxidation sites excluding steroid dienone is 2. The molecule has 22 heavy (non-hydrogen) atoms. The number of sulfonamides is 1. The minimum Gasteiger partial charge on any atom is -0.274 e. The van der Waals surface area contributed by atoms with E-state index in [9.17, 15) is 13.2 Å². The number of nitrogens with one attached hydrogen (secondary N) is 1. The lowest BCUT2D eigenvalue weighted by molar-refractivity contribution is -0.119. The molecule has 1 aliphatic rings. The van der Waals surface area contributed by atoms with E-state index in [2.05, 4.69) is 9.71 Å². The number of carbonyl (C=O) groups is 1. The van der Waals surface area contributed by atoms with Gasteiger partial charge in [-0.05, 0) is 30.9 Å². The first-order valence-corrected chi connectivity index (χ1v) is 8.59. The van der Waals surface area contributed by atoms with E-state index in [1.54, 1.807) is 24.4 Å². The van der Waals surface area contributed by atoms with Crippen molar-refractivity contribution in [3.05, 3.63) is 48.8 Å². The lowest BCUT2D eigenvalue weighted by atomic mass is 10.1. The molecule has 5 nitrogen and oxygen atoms in total. The fourth-order valence-corrected chi connectivity index (χ4v) is 3.90. The van der Waals surface area contributed by atoms with Crippen molar-refractivity contribution < 1.29 is 13.2 Å². The average Bonchev–Trinajstić information content (AvgIpc) is 2.98. The van der Waals surface area contributed by atoms with E-state index in [1.807, 2.05) is 12.2 Å². The van der Waals surface area contributed by atoms with Crippen LogP contribution in [-0.4, -0.2) is 19.3 Å². The normalized spacial score (nSPS) is 17.7. The van der Waals surface area contributed by atoms with Gasteiger partial charge in [0.2, 0.25) is 5.91 Å². The van der Waals surface area contributed by atoms with Crippen molar-refractivity contribution in [1.82, 2.24) is 9.71 Å². The lowest BCUT2D eigenvalue weighted by Gasteiger charge is -2.11. The molecule has 1 aromatic heterocycles. The topological polar surface area (TPSA) is 76.1 Å². The maximum atomic E-state index is 12.5. The fourth-order valence-electron chi connectivity index (χ4n) is 2.68. The first-order valence-electron chi connectivity index (χ1n) is 7.11. The molecule has 1 N–H and O–H groups in total. The maximum absolute atomic E-state index is 12.5. The van der Waals surface area contributed by atoms with Crippen LogP contribution in [0.3, 0.4) is 0 Å². The van der Waals surface area contributed by atoms with E-state index in [0.717, 1.165) is 18.2 Å². The molecule has 2 aromatic rings. The Labute approximate surface area is 129 Å². The van der Waals surface area contributed by atoms with Crippen LogP contribution in [0.2, 0.25) is 0 Å². The Morgan fingerprint density at radius 1 is 1.32 bits per heavy atom. The Morgan fingerprint density at radius 2 is 2.18 bits per heavy atom. The summed E-state index contributed by atoms with van der Waals surface area (Å²) in [5.41, 5.74) is 0. The van der Waals surface area contributed by atoms with Gasteiger partial charge in [0.1, 0.15) is 0 Å². The van der Waals surface area contributed by atoms with E-state index in [4.69, 9.17) is 0 Å². The summed E-state index contributed by atoms with van der Waals surface area (Å²) in [6, 6.07) is 6.55. The minimum atomic E-state index is -3.88. The van der Waals surface area contributed by atoms with Crippen LogP contribution in [0.4, 0.5) is 0 Å². The second-order valence-corrected chi connectivity index (χ2v) is 7.00. The number of carbonyl (C=O) groups excluding carboxylic acids is 1. The van der Waals surface area contributed by atoms with Gasteiger partial charge in [-0.25, -0.2) is 13.1 Å². The third kappa shape index (κ3) is 3.01. The summed E-state index contributed by atoms with van der Waals surface area (Å²) >= 11 is 0. The molecule has 1 heterocycles. The molecule has 6 heteroatoms. The van der Waals surface area contributed by atoms with Crippen molar-refractivity contribution in [2.24, 2.45) is 5.92 Å². The van der Waals surface area contributed by atoms with Crippen molar-refractivity contribution >= 4 is 26.7 Å². The SMILES string of the molecule is O=C(C[C@H]1C=CCC1)NS(=O)(=O)c1cccc2cnccc12. The smallest absolute Gasteiger partial charge is 0.264 e. The number of nitrogens with zero attached hydrogens (tertiary/aromatic N) is 1. The van der Waals surface area contributed by atoms with E-state index in [-0.39, 0.29) is 17.2 Å². The molecule has 0 bridgehead atoms.